The number of nitrogens with one attached hydrogen (secondary N) is 2. The summed E-state index contributed by atoms with van der Waals surface area (Å²) in [6, 6.07) is 17.9. The second-order valence-electron chi connectivity index (χ2n) is 6.37. The maximum Gasteiger partial charge on any atom is 0.259 e. The van der Waals surface area contributed by atoms with Crippen molar-refractivity contribution in [1.29, 1.82) is 0 Å². The molecule has 2 N–H and O–H groups in total. The highest BCUT2D eigenvalue weighted by molar-refractivity contribution is 6.02. The van der Waals surface area contributed by atoms with Crippen molar-refractivity contribution in [3.05, 3.63) is 71.3 Å². The molecule has 5 heteroatoms. The van der Waals surface area contributed by atoms with Crippen LogP contribution in [-0.2, 0) is 4.79 Å². The Bertz CT molecular complexity index is 996. The number of rotatable bonds is 6. The Morgan fingerprint density at radius 2 is 1.93 bits per heavy atom. The Morgan fingerprint density at radius 3 is 2.70 bits per heavy atom. The predicted octanol–water partition coefficient (Wildman–Crippen LogP) is 4.03. The Morgan fingerprint density at radius 1 is 1.11 bits per heavy atom. The van der Waals surface area contributed by atoms with Crippen molar-refractivity contribution >= 4 is 28.6 Å². The highest BCUT2D eigenvalue weighted by atomic mass is 16.5. The van der Waals surface area contributed by atoms with Crippen molar-refractivity contribution in [2.75, 3.05) is 19.0 Å². The number of amides is 1. The predicted molar refractivity (Wildman–Crippen MR) is 111 cm³/mol. The largest absolute Gasteiger partial charge is 0.496 e. The fraction of sp³-hybridized carbons (Fsp3) is 0.182. The summed E-state index contributed by atoms with van der Waals surface area (Å²) in [7, 11) is 1.62. The monoisotopic (exact) mass is 361 g/mol. The zero-order valence-corrected chi connectivity index (χ0v) is 15.7. The van der Waals surface area contributed by atoms with E-state index < -0.39 is 0 Å². The first-order chi connectivity index (χ1) is 13.1. The Hall–Kier alpha value is -3.34. The molecule has 0 heterocycles. The molecule has 27 heavy (non-hydrogen) atoms. The van der Waals surface area contributed by atoms with Crippen LogP contribution in [0.4, 0.5) is 5.69 Å². The minimum Gasteiger partial charge on any atom is -0.496 e. The van der Waals surface area contributed by atoms with Crippen LogP contribution < -0.4 is 15.5 Å². The van der Waals surface area contributed by atoms with Crippen molar-refractivity contribution in [3.8, 4) is 5.75 Å². The van der Waals surface area contributed by atoms with Crippen LogP contribution >= 0.6 is 0 Å². The standard InChI is InChI=1S/C22H23N3O2/c1-15-8-10-20(16(2)12-15)23-14-22(26)25-24-13-19-18-7-5-4-6-17(18)9-11-21(19)27-3/h4-13,23H,14H2,1-3H3,(H,25,26). The zero-order chi connectivity index (χ0) is 19.2. The third-order valence-corrected chi connectivity index (χ3v) is 4.35. The lowest BCUT2D eigenvalue weighted by Crippen LogP contribution is -2.26. The topological polar surface area (TPSA) is 62.7 Å². The third-order valence-electron chi connectivity index (χ3n) is 4.35. The highest BCUT2D eigenvalue weighted by Crippen LogP contribution is 2.26. The number of aryl methyl sites for hydroxylation is 2. The van der Waals surface area contributed by atoms with Gasteiger partial charge in [0.05, 0.1) is 19.9 Å². The molecule has 0 bridgehead atoms. The lowest BCUT2D eigenvalue weighted by Gasteiger charge is -2.10. The fourth-order valence-corrected chi connectivity index (χ4v) is 2.98. The van der Waals surface area contributed by atoms with Crippen molar-refractivity contribution in [2.45, 2.75) is 13.8 Å². The minimum absolute atomic E-state index is 0.147. The van der Waals surface area contributed by atoms with Gasteiger partial charge in [0.1, 0.15) is 5.75 Å². The lowest BCUT2D eigenvalue weighted by atomic mass is 10.0. The summed E-state index contributed by atoms with van der Waals surface area (Å²) < 4.78 is 5.42. The van der Waals surface area contributed by atoms with Gasteiger partial charge in [-0.05, 0) is 42.3 Å². The fourth-order valence-electron chi connectivity index (χ4n) is 2.98. The first-order valence-corrected chi connectivity index (χ1v) is 8.77. The van der Waals surface area contributed by atoms with Gasteiger partial charge in [-0.25, -0.2) is 5.43 Å². The quantitative estimate of drug-likeness (QED) is 0.515. The van der Waals surface area contributed by atoms with Gasteiger partial charge in [-0.3, -0.25) is 4.79 Å². The van der Waals surface area contributed by atoms with Gasteiger partial charge in [-0.1, -0.05) is 48.0 Å². The molecule has 3 rings (SSSR count). The summed E-state index contributed by atoms with van der Waals surface area (Å²) >= 11 is 0. The second-order valence-corrected chi connectivity index (χ2v) is 6.37. The summed E-state index contributed by atoms with van der Waals surface area (Å²) in [6.07, 6.45) is 1.62. The SMILES string of the molecule is COc1ccc2ccccc2c1C=NNC(=O)CNc1ccc(C)cc1C. The van der Waals surface area contributed by atoms with Crippen molar-refractivity contribution in [1.82, 2.24) is 5.43 Å². The van der Waals surface area contributed by atoms with E-state index in [2.05, 4.69) is 21.9 Å². The number of hydrazone groups is 1. The first-order valence-electron chi connectivity index (χ1n) is 8.77. The number of fused-ring (bicyclic) bond motifs is 1. The van der Waals surface area contributed by atoms with Crippen LogP contribution in [0.2, 0.25) is 0 Å². The average molecular weight is 361 g/mol. The average Bonchev–Trinajstić information content (AvgIpc) is 2.67. The molecule has 0 unspecified atom stereocenters. The van der Waals surface area contributed by atoms with Gasteiger partial charge in [0.25, 0.3) is 5.91 Å². The number of methoxy groups -OCH3 is 1. The number of ether oxygens (including phenoxy) is 1. The van der Waals surface area contributed by atoms with Gasteiger partial charge in [0, 0.05) is 11.3 Å². The lowest BCUT2D eigenvalue weighted by molar-refractivity contribution is -0.119. The summed E-state index contributed by atoms with van der Waals surface area (Å²) in [5, 5.41) is 9.34. The van der Waals surface area contributed by atoms with Crippen molar-refractivity contribution < 1.29 is 9.53 Å². The van der Waals surface area contributed by atoms with Gasteiger partial charge in [0.2, 0.25) is 0 Å². The van der Waals surface area contributed by atoms with Gasteiger partial charge in [0.15, 0.2) is 0 Å². The van der Waals surface area contributed by atoms with Crippen LogP contribution in [0.5, 0.6) is 5.75 Å². The molecule has 0 fully saturated rings. The summed E-state index contributed by atoms with van der Waals surface area (Å²) in [6.45, 7) is 4.20. The molecule has 1 amide bonds. The Kier molecular flexibility index (Phi) is 5.71. The molecule has 0 aliphatic carbocycles. The Balaban J connectivity index is 1.66. The Labute approximate surface area is 159 Å². The van der Waals surface area contributed by atoms with Gasteiger partial charge in [-0.2, -0.15) is 5.10 Å². The highest BCUT2D eigenvalue weighted by Gasteiger charge is 2.06. The number of carbonyl (C=O) groups excluding carboxylic acids is 1. The molecule has 0 spiro atoms. The summed E-state index contributed by atoms with van der Waals surface area (Å²) in [5.74, 6) is 0.491. The van der Waals surface area contributed by atoms with Gasteiger partial charge >= 0.3 is 0 Å². The van der Waals surface area contributed by atoms with Crippen molar-refractivity contribution in [3.63, 3.8) is 0 Å². The van der Waals surface area contributed by atoms with Crippen molar-refractivity contribution in [2.24, 2.45) is 5.10 Å². The summed E-state index contributed by atoms with van der Waals surface area (Å²) in [4.78, 5) is 12.1. The van der Waals surface area contributed by atoms with Crippen LogP contribution in [0.25, 0.3) is 10.8 Å². The van der Waals surface area contributed by atoms with E-state index in [9.17, 15) is 4.79 Å². The molecule has 3 aromatic rings. The number of anilines is 1. The second kappa shape index (κ2) is 8.36. The van der Waals surface area contributed by atoms with E-state index in [1.807, 2.05) is 62.4 Å². The van der Waals surface area contributed by atoms with Crippen LogP contribution in [0.1, 0.15) is 16.7 Å². The van der Waals surface area contributed by atoms with Crippen LogP contribution in [0.15, 0.2) is 59.7 Å². The smallest absolute Gasteiger partial charge is 0.259 e. The van der Waals surface area contributed by atoms with Gasteiger partial charge < -0.3 is 10.1 Å². The van der Waals surface area contributed by atoms with E-state index in [0.29, 0.717) is 5.75 Å². The number of hydrogen-bond donors (Lipinski definition) is 2. The van der Waals surface area contributed by atoms with E-state index in [1.54, 1.807) is 13.3 Å². The van der Waals surface area contributed by atoms with Gasteiger partial charge in [-0.15, -0.1) is 0 Å². The molecule has 138 valence electrons. The molecule has 3 aromatic carbocycles. The maximum atomic E-state index is 12.1. The number of hydrogen-bond acceptors (Lipinski definition) is 4. The number of nitrogens with zero attached hydrogens (tertiary/aromatic N) is 1. The maximum absolute atomic E-state index is 12.1. The van der Waals surface area contributed by atoms with E-state index >= 15 is 0 Å². The van der Waals surface area contributed by atoms with E-state index in [4.69, 9.17) is 4.74 Å². The molecule has 0 saturated heterocycles. The van der Waals surface area contributed by atoms with Crippen LogP contribution in [-0.4, -0.2) is 25.8 Å². The normalized spacial score (nSPS) is 10.9. The molecule has 0 aliphatic heterocycles. The first kappa shape index (κ1) is 18.5. The molecule has 5 nitrogen and oxygen atoms in total. The van der Waals surface area contributed by atoms with Crippen LogP contribution in [0, 0.1) is 13.8 Å². The molecule has 0 aromatic heterocycles. The third kappa shape index (κ3) is 4.44. The van der Waals surface area contributed by atoms with E-state index in [-0.39, 0.29) is 12.5 Å². The zero-order valence-electron chi connectivity index (χ0n) is 15.7. The number of benzene rings is 3. The molecule has 0 aliphatic rings. The summed E-state index contributed by atoms with van der Waals surface area (Å²) in [5.41, 5.74) is 6.63. The molecular weight excluding hydrogens is 338 g/mol. The molecule has 0 atom stereocenters. The molecule has 0 saturated carbocycles. The van der Waals surface area contributed by atoms with E-state index in [1.165, 1.54) is 5.56 Å². The van der Waals surface area contributed by atoms with Crippen LogP contribution in [0.3, 0.4) is 0 Å². The number of carbonyl (C=O) groups is 1. The minimum atomic E-state index is -0.217. The molecule has 0 radical (unpaired) electrons. The van der Waals surface area contributed by atoms with E-state index in [0.717, 1.165) is 27.6 Å². The molecular formula is C22H23N3O2.